The molecule has 1 aliphatic rings. The normalized spacial score (nSPS) is 33.5. The zero-order chi connectivity index (χ0) is 9.19. The van der Waals surface area contributed by atoms with E-state index in [0.717, 1.165) is 32.4 Å². The fourth-order valence-electron chi connectivity index (χ4n) is 2.03. The van der Waals surface area contributed by atoms with Gasteiger partial charge in [0.1, 0.15) is 6.04 Å². The Balaban J connectivity index is 0.00000144. The van der Waals surface area contributed by atoms with E-state index in [2.05, 4.69) is 0 Å². The number of carboxylic acid groups (broad SMARTS) is 1. The van der Waals surface area contributed by atoms with Crippen LogP contribution in [0.15, 0.2) is 0 Å². The standard InChI is InChI=1S/C9H17NO2.K/c1-3-10(2)7-5-4-6-8(10)9(11)12;/h8H,3-7H2,1-2H3;/q;+1. The predicted octanol–water partition coefficient (Wildman–Crippen LogP) is -3.24. The third-order valence-electron chi connectivity index (χ3n) is 3.14. The molecule has 13 heavy (non-hydrogen) atoms. The number of carboxylic acids is 1. The molecule has 0 aromatic heterocycles. The second-order valence-electron chi connectivity index (χ2n) is 3.85. The van der Waals surface area contributed by atoms with Crippen LogP contribution in [0.1, 0.15) is 26.2 Å². The summed E-state index contributed by atoms with van der Waals surface area (Å²) in [6.07, 6.45) is 2.97. The molecule has 0 N–H and O–H groups in total. The molecule has 1 aliphatic heterocycles. The van der Waals surface area contributed by atoms with Crippen LogP contribution in [0.25, 0.3) is 0 Å². The fraction of sp³-hybridized carbons (Fsp3) is 0.889. The van der Waals surface area contributed by atoms with Crippen LogP contribution >= 0.6 is 0 Å². The summed E-state index contributed by atoms with van der Waals surface area (Å²) in [5.74, 6) is -0.876. The zero-order valence-corrected chi connectivity index (χ0v) is 12.0. The van der Waals surface area contributed by atoms with Crippen molar-refractivity contribution in [1.82, 2.24) is 0 Å². The summed E-state index contributed by atoms with van der Waals surface area (Å²) in [6.45, 7) is 3.91. The summed E-state index contributed by atoms with van der Waals surface area (Å²) in [5.41, 5.74) is 0. The molecular weight excluding hydrogens is 193 g/mol. The first-order valence-electron chi connectivity index (χ1n) is 4.65. The van der Waals surface area contributed by atoms with Crippen LogP contribution in [0.4, 0.5) is 0 Å². The number of carbonyl (C=O) groups is 1. The van der Waals surface area contributed by atoms with E-state index >= 15 is 0 Å². The van der Waals surface area contributed by atoms with Crippen molar-refractivity contribution in [1.29, 1.82) is 0 Å². The van der Waals surface area contributed by atoms with Gasteiger partial charge >= 0.3 is 51.4 Å². The average molecular weight is 210 g/mol. The largest absolute Gasteiger partial charge is 1.00 e. The first-order chi connectivity index (χ1) is 5.60. The number of hydrogen-bond acceptors (Lipinski definition) is 2. The molecule has 0 aromatic rings. The summed E-state index contributed by atoms with van der Waals surface area (Å²) in [4.78, 5) is 10.8. The Hall–Kier alpha value is 1.07. The van der Waals surface area contributed by atoms with Crippen LogP contribution in [0.5, 0.6) is 0 Å². The Morgan fingerprint density at radius 3 is 2.54 bits per heavy atom. The van der Waals surface area contributed by atoms with Crippen molar-refractivity contribution < 1.29 is 65.8 Å². The maximum atomic E-state index is 10.8. The van der Waals surface area contributed by atoms with Gasteiger partial charge in [0.25, 0.3) is 0 Å². The molecule has 1 fully saturated rings. The summed E-state index contributed by atoms with van der Waals surface area (Å²) < 4.78 is 0.655. The minimum Gasteiger partial charge on any atom is -0.544 e. The van der Waals surface area contributed by atoms with Crippen molar-refractivity contribution in [3.63, 3.8) is 0 Å². The molecule has 0 amide bonds. The number of aliphatic carboxylic acids is 1. The number of carbonyl (C=O) groups excluding carboxylic acids is 1. The Labute approximate surface area is 123 Å². The Morgan fingerprint density at radius 1 is 1.54 bits per heavy atom. The van der Waals surface area contributed by atoms with Gasteiger partial charge in [-0.1, -0.05) is 0 Å². The smallest absolute Gasteiger partial charge is 0.544 e. The van der Waals surface area contributed by atoms with Gasteiger partial charge in [-0.25, -0.2) is 0 Å². The molecule has 70 valence electrons. The molecular formula is C9H17KNO2+. The second-order valence-corrected chi connectivity index (χ2v) is 3.85. The van der Waals surface area contributed by atoms with Crippen LogP contribution in [0.2, 0.25) is 0 Å². The number of rotatable bonds is 2. The average Bonchev–Trinajstić information content (AvgIpc) is 2.05. The summed E-state index contributed by atoms with van der Waals surface area (Å²) in [5, 5.41) is 10.8. The fourth-order valence-corrected chi connectivity index (χ4v) is 2.03. The number of piperidine rings is 1. The van der Waals surface area contributed by atoms with Crippen LogP contribution < -0.4 is 56.5 Å². The van der Waals surface area contributed by atoms with Gasteiger partial charge in [0.15, 0.2) is 0 Å². The van der Waals surface area contributed by atoms with Crippen molar-refractivity contribution in [2.75, 3.05) is 20.1 Å². The van der Waals surface area contributed by atoms with Crippen molar-refractivity contribution in [2.45, 2.75) is 32.2 Å². The number of quaternary nitrogens is 1. The molecule has 1 rings (SSSR count). The van der Waals surface area contributed by atoms with Crippen molar-refractivity contribution >= 4 is 5.97 Å². The van der Waals surface area contributed by atoms with E-state index in [1.54, 1.807) is 0 Å². The van der Waals surface area contributed by atoms with Gasteiger partial charge in [0, 0.05) is 6.42 Å². The molecule has 0 aromatic carbocycles. The molecule has 0 radical (unpaired) electrons. The predicted molar refractivity (Wildman–Crippen MR) is 44.2 cm³/mol. The monoisotopic (exact) mass is 210 g/mol. The van der Waals surface area contributed by atoms with Gasteiger partial charge in [0.05, 0.1) is 26.1 Å². The molecule has 0 saturated carbocycles. The Bertz CT molecular complexity index is 186. The quantitative estimate of drug-likeness (QED) is 0.355. The molecule has 2 atom stereocenters. The van der Waals surface area contributed by atoms with Gasteiger partial charge < -0.3 is 14.4 Å². The van der Waals surface area contributed by atoms with E-state index in [9.17, 15) is 9.90 Å². The van der Waals surface area contributed by atoms with E-state index in [4.69, 9.17) is 0 Å². The van der Waals surface area contributed by atoms with Crippen molar-refractivity contribution in [3.05, 3.63) is 0 Å². The summed E-state index contributed by atoms with van der Waals surface area (Å²) in [7, 11) is 2.01. The second kappa shape index (κ2) is 5.83. The molecule has 0 aliphatic carbocycles. The molecule has 3 nitrogen and oxygen atoms in total. The van der Waals surface area contributed by atoms with Crippen LogP contribution in [0, 0.1) is 0 Å². The van der Waals surface area contributed by atoms with E-state index in [1.165, 1.54) is 0 Å². The van der Waals surface area contributed by atoms with Crippen molar-refractivity contribution in [3.8, 4) is 0 Å². The molecule has 0 spiro atoms. The van der Waals surface area contributed by atoms with Gasteiger partial charge in [-0.2, -0.15) is 0 Å². The topological polar surface area (TPSA) is 40.1 Å². The first kappa shape index (κ1) is 14.1. The maximum absolute atomic E-state index is 10.8. The zero-order valence-electron chi connectivity index (χ0n) is 8.88. The number of likely N-dealkylation sites (tertiary alicyclic amines) is 1. The minimum absolute atomic E-state index is 0. The molecule has 0 bridgehead atoms. The SMILES string of the molecule is CC[N+]1(C)CCCCC1C(=O)[O-].[K+]. The van der Waals surface area contributed by atoms with Gasteiger partial charge in [0.2, 0.25) is 0 Å². The molecule has 4 heteroatoms. The van der Waals surface area contributed by atoms with E-state index in [0.29, 0.717) is 4.48 Å². The summed E-state index contributed by atoms with van der Waals surface area (Å²) >= 11 is 0. The van der Waals surface area contributed by atoms with E-state index in [-0.39, 0.29) is 57.4 Å². The Morgan fingerprint density at radius 2 is 2.15 bits per heavy atom. The molecule has 2 unspecified atom stereocenters. The molecule has 1 saturated heterocycles. The Kier molecular flexibility index (Phi) is 6.31. The number of nitrogens with zero attached hydrogens (tertiary/aromatic N) is 1. The first-order valence-corrected chi connectivity index (χ1v) is 4.65. The van der Waals surface area contributed by atoms with Crippen molar-refractivity contribution in [2.24, 2.45) is 0 Å². The third-order valence-corrected chi connectivity index (χ3v) is 3.14. The van der Waals surface area contributed by atoms with Gasteiger partial charge in [-0.15, -0.1) is 0 Å². The van der Waals surface area contributed by atoms with Crippen LogP contribution in [-0.2, 0) is 4.79 Å². The molecule has 1 heterocycles. The summed E-state index contributed by atoms with van der Waals surface area (Å²) in [6, 6.07) is -0.274. The van der Waals surface area contributed by atoms with Gasteiger partial charge in [-0.3, -0.25) is 0 Å². The van der Waals surface area contributed by atoms with E-state index in [1.807, 2.05) is 14.0 Å². The van der Waals surface area contributed by atoms with Gasteiger partial charge in [-0.05, 0) is 19.8 Å². The number of hydrogen-bond donors (Lipinski definition) is 0. The minimum atomic E-state index is -0.876. The third kappa shape index (κ3) is 3.29. The van der Waals surface area contributed by atoms with Crippen LogP contribution in [0.3, 0.4) is 0 Å². The van der Waals surface area contributed by atoms with E-state index < -0.39 is 5.97 Å². The number of likely N-dealkylation sites (N-methyl/N-ethyl adjacent to an activating group) is 1. The van der Waals surface area contributed by atoms with Crippen LogP contribution in [-0.4, -0.2) is 36.6 Å². The maximum Gasteiger partial charge on any atom is 1.00 e.